The van der Waals surface area contributed by atoms with Crippen molar-refractivity contribution in [2.45, 2.75) is 6.54 Å². The number of nitrogens with zero attached hydrogens (tertiary/aromatic N) is 2. The Bertz CT molecular complexity index is 689. The molecule has 0 aromatic carbocycles. The van der Waals surface area contributed by atoms with Gasteiger partial charge < -0.3 is 15.0 Å². The van der Waals surface area contributed by atoms with Crippen LogP contribution < -0.4 is 10.9 Å². The Morgan fingerprint density at radius 3 is 3.00 bits per heavy atom. The van der Waals surface area contributed by atoms with Crippen LogP contribution in [0.4, 0.5) is 5.69 Å². The summed E-state index contributed by atoms with van der Waals surface area (Å²) >= 11 is 0. The summed E-state index contributed by atoms with van der Waals surface area (Å²) in [6, 6.07) is 2.96. The van der Waals surface area contributed by atoms with Crippen molar-refractivity contribution >= 4 is 17.6 Å². The predicted molar refractivity (Wildman–Crippen MR) is 69.3 cm³/mol. The van der Waals surface area contributed by atoms with Crippen molar-refractivity contribution in [1.82, 2.24) is 14.8 Å². The molecule has 0 aliphatic carbocycles. The maximum absolute atomic E-state index is 11.9. The molecular weight excluding hydrogens is 264 g/mol. The van der Waals surface area contributed by atoms with Gasteiger partial charge >= 0.3 is 5.97 Å². The summed E-state index contributed by atoms with van der Waals surface area (Å²) in [6.45, 7) is -0.0573. The van der Waals surface area contributed by atoms with Crippen LogP contribution >= 0.6 is 0 Å². The van der Waals surface area contributed by atoms with Crippen molar-refractivity contribution in [2.24, 2.45) is 0 Å². The number of anilines is 1. The monoisotopic (exact) mass is 276 g/mol. The highest BCUT2D eigenvalue weighted by atomic mass is 16.5. The maximum Gasteiger partial charge on any atom is 0.327 e. The highest BCUT2D eigenvalue weighted by Crippen LogP contribution is 2.06. The summed E-state index contributed by atoms with van der Waals surface area (Å²) in [4.78, 5) is 36.8. The van der Waals surface area contributed by atoms with Gasteiger partial charge in [-0.2, -0.15) is 5.10 Å². The third-order valence-electron chi connectivity index (χ3n) is 2.47. The van der Waals surface area contributed by atoms with E-state index < -0.39 is 17.4 Å². The van der Waals surface area contributed by atoms with E-state index in [9.17, 15) is 14.4 Å². The number of methoxy groups -OCH3 is 1. The van der Waals surface area contributed by atoms with Gasteiger partial charge in [0, 0.05) is 12.4 Å². The second-order valence-corrected chi connectivity index (χ2v) is 3.87. The highest BCUT2D eigenvalue weighted by molar-refractivity contribution is 6.03. The van der Waals surface area contributed by atoms with E-state index in [2.05, 4.69) is 20.1 Å². The van der Waals surface area contributed by atoms with E-state index in [1.807, 2.05) is 0 Å². The predicted octanol–water partition coefficient (Wildman–Crippen LogP) is -0.00330. The Hall–Kier alpha value is -2.90. The van der Waals surface area contributed by atoms with Crippen molar-refractivity contribution in [2.75, 3.05) is 12.4 Å². The van der Waals surface area contributed by atoms with Crippen molar-refractivity contribution in [3.63, 3.8) is 0 Å². The Labute approximate surface area is 113 Å². The van der Waals surface area contributed by atoms with Gasteiger partial charge in [0.25, 0.3) is 11.5 Å². The van der Waals surface area contributed by atoms with Gasteiger partial charge in [0.1, 0.15) is 12.1 Å². The first-order valence-corrected chi connectivity index (χ1v) is 5.68. The number of aromatic nitrogens is 3. The number of ether oxygens (including phenoxy) is 1. The summed E-state index contributed by atoms with van der Waals surface area (Å²) in [6.07, 6.45) is 4.28. The molecule has 0 unspecified atom stereocenters. The first-order chi connectivity index (χ1) is 9.60. The minimum Gasteiger partial charge on any atom is -0.468 e. The van der Waals surface area contributed by atoms with Crippen LogP contribution in [0.25, 0.3) is 0 Å². The molecule has 2 N–H and O–H groups in total. The van der Waals surface area contributed by atoms with Crippen molar-refractivity contribution in [3.8, 4) is 0 Å². The third-order valence-corrected chi connectivity index (χ3v) is 2.47. The maximum atomic E-state index is 11.9. The highest BCUT2D eigenvalue weighted by Gasteiger charge is 2.11. The number of carbonyl (C=O) groups excluding carboxylic acids is 2. The fraction of sp³-hybridized carbons (Fsp3) is 0.167. The van der Waals surface area contributed by atoms with E-state index >= 15 is 0 Å². The number of rotatable bonds is 4. The number of hydrogen-bond donors (Lipinski definition) is 2. The van der Waals surface area contributed by atoms with Gasteiger partial charge in [-0.05, 0) is 12.1 Å². The van der Waals surface area contributed by atoms with E-state index in [1.54, 1.807) is 6.07 Å². The van der Waals surface area contributed by atoms with E-state index in [0.29, 0.717) is 5.69 Å². The lowest BCUT2D eigenvalue weighted by Gasteiger charge is -2.01. The number of amides is 1. The molecule has 20 heavy (non-hydrogen) atoms. The smallest absolute Gasteiger partial charge is 0.327 e. The molecule has 104 valence electrons. The Morgan fingerprint density at radius 1 is 1.50 bits per heavy atom. The lowest BCUT2D eigenvalue weighted by Crippen LogP contribution is -2.22. The van der Waals surface area contributed by atoms with Crippen LogP contribution in [-0.2, 0) is 16.1 Å². The Balaban J connectivity index is 2.07. The fourth-order valence-electron chi connectivity index (χ4n) is 1.51. The van der Waals surface area contributed by atoms with Gasteiger partial charge in [-0.1, -0.05) is 0 Å². The van der Waals surface area contributed by atoms with Crippen LogP contribution in [0.1, 0.15) is 10.4 Å². The minimum atomic E-state index is -0.551. The van der Waals surface area contributed by atoms with E-state index in [0.717, 1.165) is 0 Å². The van der Waals surface area contributed by atoms with Gasteiger partial charge in [-0.15, -0.1) is 0 Å². The normalized spacial score (nSPS) is 10.1. The SMILES string of the molecule is COC(=O)Cn1cc(NC(=O)c2ccc[nH]c2=O)cn1. The largest absolute Gasteiger partial charge is 0.468 e. The molecule has 1 amide bonds. The second-order valence-electron chi connectivity index (χ2n) is 3.87. The standard InChI is InChI=1S/C12H12N4O4/c1-20-10(17)7-16-6-8(5-14-16)15-12(19)9-3-2-4-13-11(9)18/h2-6H,7H2,1H3,(H,13,18)(H,15,19). The fourth-order valence-corrected chi connectivity index (χ4v) is 1.51. The average Bonchev–Trinajstić information content (AvgIpc) is 2.86. The molecule has 0 radical (unpaired) electrons. The zero-order chi connectivity index (χ0) is 14.5. The number of H-pyrrole nitrogens is 1. The molecule has 0 aliphatic rings. The number of hydrogen-bond acceptors (Lipinski definition) is 5. The molecule has 0 saturated heterocycles. The van der Waals surface area contributed by atoms with Crippen LogP contribution in [0.5, 0.6) is 0 Å². The summed E-state index contributed by atoms with van der Waals surface area (Å²) in [5, 5.41) is 6.40. The minimum absolute atomic E-state index is 0.00628. The quantitative estimate of drug-likeness (QED) is 0.764. The van der Waals surface area contributed by atoms with E-state index in [-0.39, 0.29) is 12.1 Å². The van der Waals surface area contributed by atoms with E-state index in [1.165, 1.54) is 36.4 Å². The molecular formula is C12H12N4O4. The molecule has 2 aromatic rings. The van der Waals surface area contributed by atoms with Crippen molar-refractivity contribution in [1.29, 1.82) is 0 Å². The molecule has 0 spiro atoms. The summed E-state index contributed by atoms with van der Waals surface area (Å²) in [5.41, 5.74) is -0.109. The average molecular weight is 276 g/mol. The first-order valence-electron chi connectivity index (χ1n) is 5.68. The first kappa shape index (κ1) is 13.5. The van der Waals surface area contributed by atoms with Crippen LogP contribution in [0.2, 0.25) is 0 Å². The summed E-state index contributed by atoms with van der Waals surface area (Å²) in [7, 11) is 1.27. The van der Waals surface area contributed by atoms with Gasteiger partial charge in [0.05, 0.1) is 19.0 Å². The van der Waals surface area contributed by atoms with Gasteiger partial charge in [-0.25, -0.2) is 0 Å². The van der Waals surface area contributed by atoms with Crippen molar-refractivity contribution < 1.29 is 14.3 Å². The number of aromatic amines is 1. The second kappa shape index (κ2) is 5.83. The molecule has 2 rings (SSSR count). The topological polar surface area (TPSA) is 106 Å². The molecule has 0 aliphatic heterocycles. The molecule has 0 bridgehead atoms. The molecule has 0 fully saturated rings. The molecule has 2 heterocycles. The zero-order valence-corrected chi connectivity index (χ0v) is 10.6. The lowest BCUT2D eigenvalue weighted by molar-refractivity contribution is -0.141. The van der Waals surface area contributed by atoms with Crippen LogP contribution in [0, 0.1) is 0 Å². The molecule has 0 atom stereocenters. The summed E-state index contributed by atoms with van der Waals surface area (Å²) in [5.74, 6) is -1.00. The zero-order valence-electron chi connectivity index (χ0n) is 10.6. The van der Waals surface area contributed by atoms with E-state index in [4.69, 9.17) is 0 Å². The number of nitrogens with one attached hydrogen (secondary N) is 2. The third kappa shape index (κ3) is 3.10. The van der Waals surface area contributed by atoms with Gasteiger partial charge in [-0.3, -0.25) is 19.1 Å². The van der Waals surface area contributed by atoms with Crippen LogP contribution in [-0.4, -0.2) is 33.8 Å². The lowest BCUT2D eigenvalue weighted by atomic mass is 10.2. The number of pyridine rings is 1. The van der Waals surface area contributed by atoms with Crippen LogP contribution in [0.15, 0.2) is 35.5 Å². The molecule has 8 heteroatoms. The Morgan fingerprint density at radius 2 is 2.30 bits per heavy atom. The number of carbonyl (C=O) groups is 2. The van der Waals surface area contributed by atoms with Gasteiger partial charge in [0.15, 0.2) is 0 Å². The molecule has 2 aromatic heterocycles. The van der Waals surface area contributed by atoms with Crippen molar-refractivity contribution in [3.05, 3.63) is 46.6 Å². The Kier molecular flexibility index (Phi) is 3.94. The number of esters is 1. The summed E-state index contributed by atoms with van der Waals surface area (Å²) < 4.78 is 5.81. The van der Waals surface area contributed by atoms with Gasteiger partial charge in [0.2, 0.25) is 0 Å². The molecule has 8 nitrogen and oxygen atoms in total. The molecule has 0 saturated carbocycles. The van der Waals surface area contributed by atoms with Crippen LogP contribution in [0.3, 0.4) is 0 Å².